The van der Waals surface area contributed by atoms with E-state index in [1.54, 1.807) is 47.0 Å². The van der Waals surface area contributed by atoms with E-state index in [4.69, 9.17) is 26.0 Å². The largest absolute Gasteiger partial charge is 0.481 e. The highest BCUT2D eigenvalue weighted by molar-refractivity contribution is 6.45. The van der Waals surface area contributed by atoms with E-state index in [2.05, 4.69) is 5.32 Å². The zero-order valence-corrected chi connectivity index (χ0v) is 31.7. The van der Waals surface area contributed by atoms with Crippen LogP contribution in [0.5, 0.6) is 0 Å². The summed E-state index contributed by atoms with van der Waals surface area (Å²) in [5.74, 6) is -1.14. The number of amides is 5. The van der Waals surface area contributed by atoms with Gasteiger partial charge >= 0.3 is 44.1 Å². The third-order valence-electron chi connectivity index (χ3n) is 9.90. The third-order valence-corrected chi connectivity index (χ3v) is 9.90. The predicted molar refractivity (Wildman–Crippen MR) is 196 cm³/mol. The Morgan fingerprint density at radius 3 is 1.62 bits per heavy atom. The first kappa shape index (κ1) is 45.5. The lowest BCUT2D eigenvalue weighted by molar-refractivity contribution is -0.157. The first-order chi connectivity index (χ1) is 25.1. The number of carbonyl (C=O) groups excluding carboxylic acids is 5. The van der Waals surface area contributed by atoms with Crippen molar-refractivity contribution in [3.63, 3.8) is 0 Å². The zero-order valence-electron chi connectivity index (χ0n) is 31.7. The Morgan fingerprint density at radius 2 is 1.17 bits per heavy atom. The van der Waals surface area contributed by atoms with Gasteiger partial charge in [0.25, 0.3) is 0 Å². The molecule has 0 saturated carbocycles. The van der Waals surface area contributed by atoms with Gasteiger partial charge in [0.05, 0.1) is 13.2 Å². The average molecular weight is 755 g/mol. The van der Waals surface area contributed by atoms with Gasteiger partial charge in [0.2, 0.25) is 5.91 Å². The normalized spacial score (nSPS) is 21.6. The highest BCUT2D eigenvalue weighted by atomic mass is 16.5. The molecule has 21 heteroatoms. The van der Waals surface area contributed by atoms with Gasteiger partial charge in [0.1, 0.15) is 12.1 Å². The van der Waals surface area contributed by atoms with Crippen LogP contribution in [0.15, 0.2) is 0 Å². The van der Waals surface area contributed by atoms with Crippen LogP contribution in [0.25, 0.3) is 0 Å². The van der Waals surface area contributed by atoms with Crippen molar-refractivity contribution in [3.05, 3.63) is 0 Å². The minimum atomic E-state index is -0.766. The van der Waals surface area contributed by atoms with E-state index in [1.807, 2.05) is 4.81 Å². The molecule has 0 bridgehead atoms. The highest BCUT2D eigenvalue weighted by Crippen LogP contribution is 2.23. The number of hydrogen-bond acceptors (Lipinski definition) is 13. The number of carboxylic acid groups (broad SMARTS) is 1. The number of urea groups is 2. The maximum absolute atomic E-state index is 12.8. The van der Waals surface area contributed by atoms with Crippen molar-refractivity contribution < 1.29 is 53.4 Å². The molecule has 0 aromatic rings. The minimum absolute atomic E-state index is 0.0779. The number of piperazine rings is 2. The number of nitrogens with one attached hydrogen (secondary N) is 1. The van der Waals surface area contributed by atoms with E-state index in [-0.39, 0.29) is 49.3 Å². The first-order valence-electron chi connectivity index (χ1n) is 18.6. The van der Waals surface area contributed by atoms with Crippen LogP contribution in [-0.2, 0) is 28.7 Å². The van der Waals surface area contributed by atoms with Crippen LogP contribution in [0.1, 0.15) is 52.4 Å². The molecule has 4 aliphatic rings. The molecule has 0 aromatic carbocycles. The Morgan fingerprint density at radius 1 is 0.698 bits per heavy atom. The molecule has 4 aliphatic heterocycles. The summed E-state index contributed by atoms with van der Waals surface area (Å²) in [5.41, 5.74) is 10.4. The van der Waals surface area contributed by atoms with Crippen molar-refractivity contribution >= 4 is 50.0 Å². The first-order valence-corrected chi connectivity index (χ1v) is 18.6. The molecular weight excluding hydrogens is 694 g/mol. The van der Waals surface area contributed by atoms with Crippen LogP contribution in [0.2, 0.25) is 13.6 Å². The Labute approximate surface area is 312 Å². The van der Waals surface area contributed by atoms with Gasteiger partial charge in [-0.3, -0.25) is 14.4 Å². The quantitative estimate of drug-likeness (QED) is 0.110. The van der Waals surface area contributed by atoms with Gasteiger partial charge in [0.15, 0.2) is 0 Å². The molecule has 4 fully saturated rings. The summed E-state index contributed by atoms with van der Waals surface area (Å²) in [6, 6.07) is -1.84. The van der Waals surface area contributed by atoms with Crippen LogP contribution in [0.3, 0.4) is 0 Å². The van der Waals surface area contributed by atoms with Gasteiger partial charge in [-0.1, -0.05) is 0 Å². The van der Waals surface area contributed by atoms with Gasteiger partial charge in [-0.15, -0.1) is 0 Å². The van der Waals surface area contributed by atoms with Gasteiger partial charge in [0, 0.05) is 78.3 Å². The molecule has 2 atom stereocenters. The fourth-order valence-corrected chi connectivity index (χ4v) is 6.72. The molecular formula is C32H60B2N8O11. The molecule has 300 valence electrons. The summed E-state index contributed by atoms with van der Waals surface area (Å²) >= 11 is 0. The number of piperidine rings is 2. The maximum Gasteiger partial charge on any atom is 0.376 e. The fraction of sp³-hybridized carbons (Fsp3) is 0.812. The molecule has 8 N–H and O–H groups in total. The lowest BCUT2D eigenvalue weighted by Crippen LogP contribution is -2.61. The fourth-order valence-electron chi connectivity index (χ4n) is 6.72. The third kappa shape index (κ3) is 15.7. The highest BCUT2D eigenvalue weighted by Gasteiger charge is 2.39. The Hall–Kier alpha value is -3.65. The molecule has 0 radical (unpaired) electrons. The van der Waals surface area contributed by atoms with Crippen LogP contribution in [0.4, 0.5) is 9.59 Å². The van der Waals surface area contributed by atoms with E-state index in [9.17, 15) is 38.8 Å². The number of nitrogens with two attached hydrogens (primary N) is 2. The molecule has 19 nitrogen and oxygen atoms in total. The van der Waals surface area contributed by atoms with E-state index < -0.39 is 44.1 Å². The Kier molecular flexibility index (Phi) is 19.9. The number of aliphatic carboxylic acids is 1. The van der Waals surface area contributed by atoms with Crippen molar-refractivity contribution in [2.45, 2.75) is 78.1 Å². The van der Waals surface area contributed by atoms with Crippen molar-refractivity contribution in [2.24, 2.45) is 23.3 Å². The molecule has 0 aromatic heterocycles. The second-order valence-electron chi connectivity index (χ2n) is 13.7. The van der Waals surface area contributed by atoms with Gasteiger partial charge < -0.3 is 65.7 Å². The summed E-state index contributed by atoms with van der Waals surface area (Å²) < 4.78 is 10.0. The second-order valence-corrected chi connectivity index (χ2v) is 13.7. The molecule has 4 heterocycles. The SMILES string of the molecule is CCOC(=O)[C@H]1CN(B(C)O)CCN1.CCOC(=O)[C@H]1CN(B(C)O)CCN1C(=O)CC1CCN(C(N)=O)CC1.NC(=O)N1CCC(CC(=O)O)CC1. The average Bonchev–Trinajstić information content (AvgIpc) is 3.12. The van der Waals surface area contributed by atoms with Gasteiger partial charge in [-0.05, 0) is 65.0 Å². The summed E-state index contributed by atoms with van der Waals surface area (Å²) in [7, 11) is -1.18. The molecule has 0 aliphatic carbocycles. The van der Waals surface area contributed by atoms with Crippen LogP contribution < -0.4 is 16.8 Å². The monoisotopic (exact) mass is 754 g/mol. The lowest BCUT2D eigenvalue weighted by Gasteiger charge is -2.41. The van der Waals surface area contributed by atoms with Crippen LogP contribution in [0, 0.1) is 11.8 Å². The van der Waals surface area contributed by atoms with E-state index in [0.717, 1.165) is 32.2 Å². The number of rotatable bonds is 10. The van der Waals surface area contributed by atoms with E-state index >= 15 is 0 Å². The van der Waals surface area contributed by atoms with Crippen LogP contribution in [-0.4, -0.2) is 180 Å². The van der Waals surface area contributed by atoms with Crippen molar-refractivity contribution in [2.75, 3.05) is 78.7 Å². The summed E-state index contributed by atoms with van der Waals surface area (Å²) in [4.78, 5) is 77.1. The smallest absolute Gasteiger partial charge is 0.376 e. The zero-order chi connectivity index (χ0) is 39.7. The predicted octanol–water partition coefficient (Wildman–Crippen LogP) is -1.46. The summed E-state index contributed by atoms with van der Waals surface area (Å²) in [5, 5.41) is 30.7. The molecule has 0 unspecified atom stereocenters. The number of carboxylic acids is 1. The van der Waals surface area contributed by atoms with Crippen molar-refractivity contribution in [1.82, 2.24) is 29.6 Å². The molecule has 5 amide bonds. The summed E-state index contributed by atoms with van der Waals surface area (Å²) in [6.45, 7) is 12.9. The number of ether oxygens (including phenoxy) is 2. The Balaban J connectivity index is 0.000000303. The van der Waals surface area contributed by atoms with Crippen molar-refractivity contribution in [3.8, 4) is 0 Å². The number of primary amides is 2. The van der Waals surface area contributed by atoms with Crippen LogP contribution >= 0.6 is 0 Å². The van der Waals surface area contributed by atoms with E-state index in [1.165, 1.54) is 0 Å². The number of esters is 2. The minimum Gasteiger partial charge on any atom is -0.481 e. The topological polar surface area (TPSA) is 262 Å². The maximum atomic E-state index is 12.8. The standard InChI is InChI=1S/C16H29BN4O5.C8H17BN2O3.C8H14N2O3/c1-3-26-15(23)13-11-20(17(2)25)8-9-21(13)14(22)10-12-4-6-19(7-5-12)16(18)24;1-3-14-8(12)7-6-11(9(2)13)5-4-10-7;9-8(13)10-3-1-6(2-4-10)5-7(11)12/h12-13,25H,3-11H2,1-2H3,(H2,18,24);7,10,13H,3-6H2,1-2H3;6H,1-5H2,(H2,9,13)(H,11,12)/t13-;7-;/m11./s1. The molecule has 0 spiro atoms. The number of hydrogen-bond donors (Lipinski definition) is 6. The molecule has 53 heavy (non-hydrogen) atoms. The molecule has 4 saturated heterocycles. The lowest BCUT2D eigenvalue weighted by atomic mass is 9.83. The molecule has 4 rings (SSSR count). The van der Waals surface area contributed by atoms with Gasteiger partial charge in [-0.25, -0.2) is 14.4 Å². The second kappa shape index (κ2) is 23.2. The number of carbonyl (C=O) groups is 6. The number of nitrogens with zero attached hydrogens (tertiary/aromatic N) is 5. The van der Waals surface area contributed by atoms with Gasteiger partial charge in [-0.2, -0.15) is 0 Å². The number of likely N-dealkylation sites (tertiary alicyclic amines) is 2. The van der Waals surface area contributed by atoms with Crippen molar-refractivity contribution in [1.29, 1.82) is 0 Å². The Bertz CT molecular complexity index is 1200. The summed E-state index contributed by atoms with van der Waals surface area (Å²) in [6.07, 6.45) is 3.49. The van der Waals surface area contributed by atoms with E-state index in [0.29, 0.717) is 65.4 Å².